The van der Waals surface area contributed by atoms with E-state index in [9.17, 15) is 9.59 Å². The molecule has 6 rings (SSSR count). The summed E-state index contributed by atoms with van der Waals surface area (Å²) in [6.07, 6.45) is 4.93. The van der Waals surface area contributed by atoms with Crippen molar-refractivity contribution in [1.29, 1.82) is 0 Å². The molecule has 2 aliphatic heterocycles. The number of pyridine rings is 1. The van der Waals surface area contributed by atoms with Gasteiger partial charge in [0, 0.05) is 19.6 Å². The average molecular weight is 525 g/mol. The van der Waals surface area contributed by atoms with Crippen molar-refractivity contribution in [3.63, 3.8) is 0 Å². The lowest BCUT2D eigenvalue weighted by atomic mass is 10.0. The number of nitrogens with zero attached hydrogens (tertiary/aromatic N) is 2. The SMILES string of the molecule is CN1C(=O)c2ccc(NCc3ccccc3)nc2OC[C@@H]2O[C@H](CC(=O)NC3Cc4ccccc4C3)C=C[C@@H]21. The molecule has 0 bridgehead atoms. The van der Waals surface area contributed by atoms with Crippen LogP contribution >= 0.6 is 0 Å². The third kappa shape index (κ3) is 5.52. The van der Waals surface area contributed by atoms with E-state index in [1.807, 2.05) is 54.6 Å². The highest BCUT2D eigenvalue weighted by Gasteiger charge is 2.37. The highest BCUT2D eigenvalue weighted by Crippen LogP contribution is 2.29. The standard InChI is InChI=1S/C31H32N4O4/c1-35-26-13-11-24(17-29(36)33-23-15-21-9-5-6-10-22(21)16-23)39-27(26)19-38-30-25(31(35)37)12-14-28(34-30)32-18-20-7-3-2-4-8-20/h2-14,23-24,26-27H,15-19H2,1H3,(H,32,34)(H,33,36)/t24-,26-,27-/m0/s1. The van der Waals surface area contributed by atoms with Crippen LogP contribution < -0.4 is 15.4 Å². The molecule has 0 fully saturated rings. The second-order valence-electron chi connectivity index (χ2n) is 10.3. The number of nitrogens with one attached hydrogen (secondary N) is 2. The third-order valence-electron chi connectivity index (χ3n) is 7.62. The maximum atomic E-state index is 13.3. The highest BCUT2D eigenvalue weighted by atomic mass is 16.5. The van der Waals surface area contributed by atoms with Crippen LogP contribution in [0.15, 0.2) is 78.9 Å². The Morgan fingerprint density at radius 1 is 1.00 bits per heavy atom. The summed E-state index contributed by atoms with van der Waals surface area (Å²) < 4.78 is 12.3. The summed E-state index contributed by atoms with van der Waals surface area (Å²) >= 11 is 0. The van der Waals surface area contributed by atoms with E-state index in [4.69, 9.17) is 9.47 Å². The molecule has 3 heterocycles. The summed E-state index contributed by atoms with van der Waals surface area (Å²) in [5.41, 5.74) is 4.13. The van der Waals surface area contributed by atoms with Crippen LogP contribution in [-0.4, -0.2) is 59.6 Å². The fraction of sp³-hybridized carbons (Fsp3) is 0.323. The van der Waals surface area contributed by atoms with Gasteiger partial charge in [-0.15, -0.1) is 0 Å². The lowest BCUT2D eigenvalue weighted by Gasteiger charge is -2.38. The minimum absolute atomic E-state index is 0.0433. The van der Waals surface area contributed by atoms with Crippen molar-refractivity contribution in [3.05, 3.63) is 101 Å². The lowest BCUT2D eigenvalue weighted by molar-refractivity contribution is -0.126. The van der Waals surface area contributed by atoms with Crippen LogP contribution in [0.1, 0.15) is 33.5 Å². The Kier molecular flexibility index (Phi) is 7.02. The van der Waals surface area contributed by atoms with Crippen molar-refractivity contribution >= 4 is 17.6 Å². The molecule has 8 nitrogen and oxygen atoms in total. The number of hydrogen-bond donors (Lipinski definition) is 2. The largest absolute Gasteiger partial charge is 0.474 e. The van der Waals surface area contributed by atoms with E-state index in [1.54, 1.807) is 24.1 Å². The Balaban J connectivity index is 1.09. The Bertz CT molecular complexity index is 1370. The molecule has 3 aliphatic rings. The van der Waals surface area contributed by atoms with Crippen molar-refractivity contribution in [2.24, 2.45) is 0 Å². The number of likely N-dealkylation sites (N-methyl/N-ethyl adjacent to an activating group) is 1. The van der Waals surface area contributed by atoms with Crippen molar-refractivity contribution in [2.45, 2.75) is 50.1 Å². The third-order valence-corrected chi connectivity index (χ3v) is 7.62. The number of carbonyl (C=O) groups is 2. The molecule has 0 saturated heterocycles. The Morgan fingerprint density at radius 3 is 2.51 bits per heavy atom. The van der Waals surface area contributed by atoms with Gasteiger partial charge in [-0.05, 0) is 41.7 Å². The summed E-state index contributed by atoms with van der Waals surface area (Å²) in [7, 11) is 1.76. The van der Waals surface area contributed by atoms with Gasteiger partial charge in [0.2, 0.25) is 11.8 Å². The molecule has 200 valence electrons. The summed E-state index contributed by atoms with van der Waals surface area (Å²) in [4.78, 5) is 32.4. The molecular weight excluding hydrogens is 492 g/mol. The fourth-order valence-electron chi connectivity index (χ4n) is 5.56. The first-order valence-corrected chi connectivity index (χ1v) is 13.4. The fourth-order valence-corrected chi connectivity index (χ4v) is 5.56. The summed E-state index contributed by atoms with van der Waals surface area (Å²) in [5.74, 6) is 0.667. The molecule has 1 aliphatic carbocycles. The van der Waals surface area contributed by atoms with Gasteiger partial charge in [0.25, 0.3) is 5.91 Å². The van der Waals surface area contributed by atoms with Crippen LogP contribution in [0.5, 0.6) is 5.88 Å². The molecular formula is C31H32N4O4. The Labute approximate surface area is 228 Å². The van der Waals surface area contributed by atoms with Crippen LogP contribution in [0.2, 0.25) is 0 Å². The van der Waals surface area contributed by atoms with Crippen molar-refractivity contribution in [2.75, 3.05) is 19.0 Å². The van der Waals surface area contributed by atoms with Gasteiger partial charge in [-0.25, -0.2) is 0 Å². The van der Waals surface area contributed by atoms with E-state index in [0.717, 1.165) is 18.4 Å². The highest BCUT2D eigenvalue weighted by molar-refractivity contribution is 5.97. The van der Waals surface area contributed by atoms with Crippen LogP contribution in [0.4, 0.5) is 5.82 Å². The number of aromatic nitrogens is 1. The molecule has 0 unspecified atom stereocenters. The van der Waals surface area contributed by atoms with Crippen LogP contribution in [-0.2, 0) is 28.9 Å². The minimum Gasteiger partial charge on any atom is -0.474 e. The Hall–Kier alpha value is -4.17. The zero-order chi connectivity index (χ0) is 26.8. The van der Waals surface area contributed by atoms with Gasteiger partial charge in [0.1, 0.15) is 24.1 Å². The van der Waals surface area contributed by atoms with Gasteiger partial charge in [-0.3, -0.25) is 9.59 Å². The number of hydrogen-bond acceptors (Lipinski definition) is 6. The zero-order valence-corrected chi connectivity index (χ0v) is 21.9. The monoisotopic (exact) mass is 524 g/mol. The van der Waals surface area contributed by atoms with Crippen molar-refractivity contribution < 1.29 is 19.1 Å². The molecule has 3 aromatic rings. The predicted octanol–water partition coefficient (Wildman–Crippen LogP) is 3.52. The van der Waals surface area contributed by atoms with E-state index < -0.39 is 12.2 Å². The summed E-state index contributed by atoms with van der Waals surface area (Å²) in [6, 6.07) is 21.7. The van der Waals surface area contributed by atoms with Gasteiger partial charge in [0.05, 0.1) is 18.6 Å². The van der Waals surface area contributed by atoms with Crippen molar-refractivity contribution in [1.82, 2.24) is 15.2 Å². The number of ether oxygens (including phenoxy) is 2. The molecule has 39 heavy (non-hydrogen) atoms. The zero-order valence-electron chi connectivity index (χ0n) is 21.9. The maximum absolute atomic E-state index is 13.3. The second-order valence-corrected chi connectivity index (χ2v) is 10.3. The average Bonchev–Trinajstić information content (AvgIpc) is 3.36. The molecule has 2 aromatic carbocycles. The molecule has 0 spiro atoms. The smallest absolute Gasteiger partial charge is 0.259 e. The molecule has 2 amide bonds. The Morgan fingerprint density at radius 2 is 1.74 bits per heavy atom. The topological polar surface area (TPSA) is 92.8 Å². The normalized spacial score (nSPS) is 22.1. The number of anilines is 1. The molecule has 2 N–H and O–H groups in total. The lowest BCUT2D eigenvalue weighted by Crippen LogP contribution is -2.52. The van der Waals surface area contributed by atoms with Crippen LogP contribution in [0.3, 0.4) is 0 Å². The van der Waals surface area contributed by atoms with E-state index in [2.05, 4.69) is 27.8 Å². The molecule has 3 atom stereocenters. The van der Waals surface area contributed by atoms with E-state index >= 15 is 0 Å². The van der Waals surface area contributed by atoms with E-state index in [-0.39, 0.29) is 42.8 Å². The van der Waals surface area contributed by atoms with Gasteiger partial charge in [-0.1, -0.05) is 66.7 Å². The molecule has 0 saturated carbocycles. The molecule has 1 aromatic heterocycles. The minimum atomic E-state index is -0.423. The first kappa shape index (κ1) is 25.1. The van der Waals surface area contributed by atoms with Gasteiger partial charge < -0.3 is 25.0 Å². The first-order chi connectivity index (χ1) is 19.0. The van der Waals surface area contributed by atoms with E-state index in [0.29, 0.717) is 17.9 Å². The predicted molar refractivity (Wildman–Crippen MR) is 148 cm³/mol. The second kappa shape index (κ2) is 10.9. The van der Waals surface area contributed by atoms with Gasteiger partial charge in [-0.2, -0.15) is 4.98 Å². The molecule has 0 radical (unpaired) electrons. The maximum Gasteiger partial charge on any atom is 0.259 e. The van der Waals surface area contributed by atoms with Gasteiger partial charge in [0.15, 0.2) is 0 Å². The van der Waals surface area contributed by atoms with Crippen LogP contribution in [0.25, 0.3) is 0 Å². The summed E-state index contributed by atoms with van der Waals surface area (Å²) in [5, 5.41) is 6.45. The van der Waals surface area contributed by atoms with E-state index in [1.165, 1.54) is 11.1 Å². The molecule has 8 heteroatoms. The number of fused-ring (bicyclic) bond motifs is 3. The first-order valence-electron chi connectivity index (χ1n) is 13.4. The summed E-state index contributed by atoms with van der Waals surface area (Å²) in [6.45, 7) is 0.820. The number of benzene rings is 2. The van der Waals surface area contributed by atoms with Gasteiger partial charge >= 0.3 is 0 Å². The van der Waals surface area contributed by atoms with Crippen LogP contribution in [0, 0.1) is 0 Å². The quantitative estimate of drug-likeness (QED) is 0.480. The number of amides is 2. The van der Waals surface area contributed by atoms with Crippen molar-refractivity contribution in [3.8, 4) is 5.88 Å². The number of carbonyl (C=O) groups excluding carboxylic acids is 2. The number of rotatable bonds is 6.